The fourth-order valence-corrected chi connectivity index (χ4v) is 1.35. The van der Waals surface area contributed by atoms with Crippen LogP contribution in [0.3, 0.4) is 0 Å². The van der Waals surface area contributed by atoms with Gasteiger partial charge in [0.05, 0.1) is 5.69 Å². The molecular formula is C13H21N3O2. The first-order valence-electron chi connectivity index (χ1n) is 5.85. The Morgan fingerprint density at radius 2 is 2.11 bits per heavy atom. The summed E-state index contributed by atoms with van der Waals surface area (Å²) in [5.41, 5.74) is 1.55. The highest BCUT2D eigenvalue weighted by atomic mass is 16.4. The van der Waals surface area contributed by atoms with Crippen molar-refractivity contribution in [3.63, 3.8) is 0 Å². The van der Waals surface area contributed by atoms with Crippen molar-refractivity contribution in [3.05, 3.63) is 23.5 Å². The molecule has 0 aliphatic rings. The summed E-state index contributed by atoms with van der Waals surface area (Å²) in [6.07, 6.45) is 1.39. The van der Waals surface area contributed by atoms with Crippen molar-refractivity contribution in [1.29, 1.82) is 0 Å². The molecule has 1 aromatic heterocycles. The fraction of sp³-hybridized carbons (Fsp3) is 0.538. The van der Waals surface area contributed by atoms with Crippen LogP contribution in [-0.4, -0.2) is 47.1 Å². The molecular weight excluding hydrogens is 230 g/mol. The van der Waals surface area contributed by atoms with Gasteiger partial charge < -0.3 is 15.3 Å². The zero-order valence-corrected chi connectivity index (χ0v) is 11.6. The fourth-order valence-electron chi connectivity index (χ4n) is 1.35. The van der Waals surface area contributed by atoms with E-state index < -0.39 is 5.97 Å². The number of carboxylic acids is 1. The molecule has 0 spiro atoms. The van der Waals surface area contributed by atoms with Gasteiger partial charge in [-0.2, -0.15) is 0 Å². The van der Waals surface area contributed by atoms with E-state index in [1.807, 2.05) is 21.0 Å². The highest BCUT2D eigenvalue weighted by Gasteiger charge is 2.21. The molecule has 1 heterocycles. The second kappa shape index (κ2) is 5.35. The molecule has 2 N–H and O–H groups in total. The first-order chi connectivity index (χ1) is 8.24. The molecule has 0 aliphatic heterocycles. The lowest BCUT2D eigenvalue weighted by atomic mass is 10.0. The third-order valence-electron chi connectivity index (χ3n) is 3.19. The van der Waals surface area contributed by atoms with E-state index in [4.69, 9.17) is 5.11 Å². The van der Waals surface area contributed by atoms with Crippen LogP contribution in [0.1, 0.15) is 29.9 Å². The van der Waals surface area contributed by atoms with Crippen LogP contribution >= 0.6 is 0 Å². The highest BCUT2D eigenvalue weighted by molar-refractivity contribution is 5.93. The third kappa shape index (κ3) is 3.43. The standard InChI is InChI=1S/C13H21N3O2/c1-9-6-11(10(7-14-9)12(17)18)15-8-13(2,3)16(4)5/h6-7H,8H2,1-5H3,(H,14,15)(H,17,18). The maximum Gasteiger partial charge on any atom is 0.339 e. The average Bonchev–Trinajstić information content (AvgIpc) is 2.26. The molecule has 18 heavy (non-hydrogen) atoms. The number of likely N-dealkylation sites (N-methyl/N-ethyl adjacent to an activating group) is 1. The molecule has 1 aromatic rings. The molecule has 0 radical (unpaired) electrons. The highest BCUT2D eigenvalue weighted by Crippen LogP contribution is 2.18. The summed E-state index contributed by atoms with van der Waals surface area (Å²) in [7, 11) is 4.00. The first-order valence-corrected chi connectivity index (χ1v) is 5.85. The molecule has 1 rings (SSSR count). The predicted octanol–water partition coefficient (Wildman–Crippen LogP) is 1.84. The number of aryl methyl sites for hydroxylation is 1. The maximum absolute atomic E-state index is 11.1. The summed E-state index contributed by atoms with van der Waals surface area (Å²) in [5, 5.41) is 12.3. The van der Waals surface area contributed by atoms with E-state index in [0.29, 0.717) is 12.2 Å². The average molecular weight is 251 g/mol. The van der Waals surface area contributed by atoms with E-state index in [2.05, 4.69) is 29.0 Å². The Balaban J connectivity index is 2.90. The molecule has 0 aromatic carbocycles. The number of carboxylic acid groups (broad SMARTS) is 1. The Morgan fingerprint density at radius 3 is 2.61 bits per heavy atom. The normalized spacial score (nSPS) is 11.7. The van der Waals surface area contributed by atoms with Gasteiger partial charge in [0.15, 0.2) is 0 Å². The minimum Gasteiger partial charge on any atom is -0.478 e. The number of rotatable bonds is 5. The molecule has 0 saturated carbocycles. The van der Waals surface area contributed by atoms with Gasteiger partial charge in [0, 0.05) is 24.0 Å². The van der Waals surface area contributed by atoms with Crippen LogP contribution < -0.4 is 5.32 Å². The van der Waals surface area contributed by atoms with Gasteiger partial charge in [-0.1, -0.05) is 0 Å². The van der Waals surface area contributed by atoms with Crippen molar-refractivity contribution in [2.75, 3.05) is 26.0 Å². The number of aromatic nitrogens is 1. The second-order valence-electron chi connectivity index (χ2n) is 5.24. The van der Waals surface area contributed by atoms with Gasteiger partial charge in [0.25, 0.3) is 0 Å². The molecule has 0 bridgehead atoms. The van der Waals surface area contributed by atoms with Gasteiger partial charge in [0.1, 0.15) is 5.56 Å². The summed E-state index contributed by atoms with van der Waals surface area (Å²) in [5.74, 6) is -0.965. The van der Waals surface area contributed by atoms with E-state index in [-0.39, 0.29) is 11.1 Å². The van der Waals surface area contributed by atoms with Crippen LogP contribution in [0.15, 0.2) is 12.3 Å². The Bertz CT molecular complexity index is 442. The number of pyridine rings is 1. The minimum absolute atomic E-state index is 0.0626. The molecule has 0 saturated heterocycles. The number of anilines is 1. The van der Waals surface area contributed by atoms with Gasteiger partial charge >= 0.3 is 5.97 Å². The van der Waals surface area contributed by atoms with E-state index in [9.17, 15) is 4.79 Å². The molecule has 0 amide bonds. The zero-order valence-electron chi connectivity index (χ0n) is 11.6. The molecule has 0 atom stereocenters. The molecule has 100 valence electrons. The number of nitrogens with one attached hydrogen (secondary N) is 1. The number of hydrogen-bond donors (Lipinski definition) is 2. The van der Waals surface area contributed by atoms with E-state index in [1.165, 1.54) is 6.20 Å². The summed E-state index contributed by atoms with van der Waals surface area (Å²) in [4.78, 5) is 17.2. The second-order valence-corrected chi connectivity index (χ2v) is 5.24. The van der Waals surface area contributed by atoms with Gasteiger partial charge in [-0.15, -0.1) is 0 Å². The van der Waals surface area contributed by atoms with Gasteiger partial charge in [-0.3, -0.25) is 4.98 Å². The zero-order chi connectivity index (χ0) is 13.9. The summed E-state index contributed by atoms with van der Waals surface area (Å²) in [6.45, 7) is 6.68. The lowest BCUT2D eigenvalue weighted by Crippen LogP contribution is -2.44. The minimum atomic E-state index is -0.965. The third-order valence-corrected chi connectivity index (χ3v) is 3.19. The van der Waals surface area contributed by atoms with Crippen LogP contribution in [0.5, 0.6) is 0 Å². The van der Waals surface area contributed by atoms with Gasteiger partial charge in [-0.05, 0) is 40.9 Å². The maximum atomic E-state index is 11.1. The lowest BCUT2D eigenvalue weighted by molar-refractivity contribution is 0.0697. The van der Waals surface area contributed by atoms with E-state index in [1.54, 1.807) is 6.07 Å². The Kier molecular flexibility index (Phi) is 4.29. The van der Waals surface area contributed by atoms with Crippen LogP contribution in [-0.2, 0) is 0 Å². The van der Waals surface area contributed by atoms with Crippen molar-refractivity contribution in [3.8, 4) is 0 Å². The summed E-state index contributed by atoms with van der Waals surface area (Å²) < 4.78 is 0. The number of nitrogens with zero attached hydrogens (tertiary/aromatic N) is 2. The Labute approximate surface area is 108 Å². The number of hydrogen-bond acceptors (Lipinski definition) is 4. The largest absolute Gasteiger partial charge is 0.478 e. The van der Waals surface area contributed by atoms with Crippen LogP contribution in [0.4, 0.5) is 5.69 Å². The van der Waals surface area contributed by atoms with Crippen molar-refractivity contribution >= 4 is 11.7 Å². The molecule has 0 aliphatic carbocycles. The summed E-state index contributed by atoms with van der Waals surface area (Å²) in [6, 6.07) is 1.76. The first kappa shape index (κ1) is 14.4. The molecule has 5 nitrogen and oxygen atoms in total. The Hall–Kier alpha value is -1.62. The molecule has 5 heteroatoms. The quantitative estimate of drug-likeness (QED) is 0.836. The molecule has 0 fully saturated rings. The monoisotopic (exact) mass is 251 g/mol. The van der Waals surface area contributed by atoms with Crippen molar-refractivity contribution < 1.29 is 9.90 Å². The number of carbonyl (C=O) groups is 1. The smallest absolute Gasteiger partial charge is 0.339 e. The van der Waals surface area contributed by atoms with Crippen LogP contribution in [0.25, 0.3) is 0 Å². The van der Waals surface area contributed by atoms with Crippen molar-refractivity contribution in [2.24, 2.45) is 0 Å². The van der Waals surface area contributed by atoms with Crippen molar-refractivity contribution in [2.45, 2.75) is 26.3 Å². The van der Waals surface area contributed by atoms with Crippen LogP contribution in [0.2, 0.25) is 0 Å². The SMILES string of the molecule is Cc1cc(NCC(C)(C)N(C)C)c(C(=O)O)cn1. The van der Waals surface area contributed by atoms with Crippen molar-refractivity contribution in [1.82, 2.24) is 9.88 Å². The predicted molar refractivity (Wildman–Crippen MR) is 72.2 cm³/mol. The molecule has 0 unspecified atom stereocenters. The van der Waals surface area contributed by atoms with E-state index in [0.717, 1.165) is 5.69 Å². The van der Waals surface area contributed by atoms with E-state index >= 15 is 0 Å². The number of aromatic carboxylic acids is 1. The lowest BCUT2D eigenvalue weighted by Gasteiger charge is -2.33. The van der Waals surface area contributed by atoms with Crippen LogP contribution in [0, 0.1) is 6.92 Å². The van der Waals surface area contributed by atoms with Gasteiger partial charge in [0.2, 0.25) is 0 Å². The Morgan fingerprint density at radius 1 is 1.50 bits per heavy atom. The topological polar surface area (TPSA) is 65.5 Å². The summed E-state index contributed by atoms with van der Waals surface area (Å²) >= 11 is 0. The van der Waals surface area contributed by atoms with Gasteiger partial charge in [-0.25, -0.2) is 4.79 Å².